The number of hydrogen-bond acceptors (Lipinski definition) is 6. The van der Waals surface area contributed by atoms with E-state index in [-0.39, 0.29) is 28.6 Å². The van der Waals surface area contributed by atoms with Crippen molar-refractivity contribution in [1.82, 2.24) is 0 Å². The number of benzene rings is 2. The van der Waals surface area contributed by atoms with Crippen LogP contribution in [-0.4, -0.2) is 0 Å². The molecule has 0 bridgehead atoms. The van der Waals surface area contributed by atoms with Crippen molar-refractivity contribution in [1.29, 1.82) is 0 Å². The standard InChI is InChI=1S/2C7H7NO2.Cu/c2*1-5-4-6(8-10)2-3-7(5)9;/h2*2-4,9H,1H3;/q;;+2/p-2. The summed E-state index contributed by atoms with van der Waals surface area (Å²) in [6.07, 6.45) is 0. The van der Waals surface area contributed by atoms with Gasteiger partial charge in [0.1, 0.15) is 11.4 Å². The van der Waals surface area contributed by atoms with Crippen molar-refractivity contribution in [2.24, 2.45) is 10.4 Å². The summed E-state index contributed by atoms with van der Waals surface area (Å²) in [5.41, 5.74) is 1.71. The van der Waals surface area contributed by atoms with Crippen LogP contribution in [0.25, 0.3) is 0 Å². The van der Waals surface area contributed by atoms with Crippen LogP contribution < -0.4 is 10.2 Å². The second kappa shape index (κ2) is 8.84. The Morgan fingerprint density at radius 2 is 1.10 bits per heavy atom. The normalized spacial score (nSPS) is 8.86. The van der Waals surface area contributed by atoms with Gasteiger partial charge in [0.15, 0.2) is 0 Å². The molecule has 113 valence electrons. The summed E-state index contributed by atoms with van der Waals surface area (Å²) < 4.78 is 0. The van der Waals surface area contributed by atoms with E-state index in [0.717, 1.165) is 0 Å². The first kappa shape index (κ1) is 18.8. The van der Waals surface area contributed by atoms with Crippen molar-refractivity contribution < 1.29 is 27.3 Å². The van der Waals surface area contributed by atoms with Crippen LogP contribution in [-0.2, 0) is 17.1 Å². The first-order chi connectivity index (χ1) is 9.47. The molecule has 0 aromatic heterocycles. The molecule has 0 heterocycles. The molecule has 0 fully saturated rings. The van der Waals surface area contributed by atoms with Crippen LogP contribution in [0.3, 0.4) is 0 Å². The Hall–Kier alpha value is -2.24. The van der Waals surface area contributed by atoms with E-state index in [1.807, 2.05) is 0 Å². The third-order valence-corrected chi connectivity index (χ3v) is 2.53. The average molecular weight is 336 g/mol. The quantitative estimate of drug-likeness (QED) is 0.621. The second-order valence-electron chi connectivity index (χ2n) is 4.08. The molecule has 0 saturated carbocycles. The second-order valence-corrected chi connectivity index (χ2v) is 4.08. The predicted molar refractivity (Wildman–Crippen MR) is 72.2 cm³/mol. The molecule has 21 heavy (non-hydrogen) atoms. The van der Waals surface area contributed by atoms with E-state index < -0.39 is 0 Å². The van der Waals surface area contributed by atoms with E-state index in [2.05, 4.69) is 10.4 Å². The minimum Gasteiger partial charge on any atom is -0.872 e. The molecular weight excluding hydrogens is 324 g/mol. The van der Waals surface area contributed by atoms with Gasteiger partial charge in [-0.15, -0.1) is 21.3 Å². The maximum atomic E-state index is 10.7. The molecule has 0 spiro atoms. The molecule has 0 atom stereocenters. The van der Waals surface area contributed by atoms with Crippen LogP contribution in [0.1, 0.15) is 11.1 Å². The number of nitrogens with zero attached hydrogens (tertiary/aromatic N) is 2. The summed E-state index contributed by atoms with van der Waals surface area (Å²) in [6, 6.07) is 8.42. The Labute approximate surface area is 132 Å². The first-order valence-corrected chi connectivity index (χ1v) is 5.70. The Bertz CT molecular complexity index is 577. The van der Waals surface area contributed by atoms with Gasteiger partial charge in [0, 0.05) is 0 Å². The predicted octanol–water partition coefficient (Wildman–Crippen LogP) is 2.93. The molecular formula is C14H12CuN2O4. The van der Waals surface area contributed by atoms with Gasteiger partial charge in [0.05, 0.1) is 0 Å². The molecule has 2 aromatic rings. The fraction of sp³-hybridized carbons (Fsp3) is 0.143. The molecule has 0 amide bonds. The molecule has 6 nitrogen and oxygen atoms in total. The van der Waals surface area contributed by atoms with Gasteiger partial charge in [-0.05, 0) is 48.5 Å². The molecule has 0 aliphatic rings. The Kier molecular flexibility index (Phi) is 7.89. The summed E-state index contributed by atoms with van der Waals surface area (Å²) >= 11 is 0. The largest absolute Gasteiger partial charge is 2.00 e. The van der Waals surface area contributed by atoms with Crippen molar-refractivity contribution in [2.45, 2.75) is 13.8 Å². The molecule has 0 saturated heterocycles. The van der Waals surface area contributed by atoms with E-state index in [1.165, 1.54) is 36.4 Å². The van der Waals surface area contributed by atoms with Gasteiger partial charge in [0.2, 0.25) is 0 Å². The van der Waals surface area contributed by atoms with Gasteiger partial charge in [-0.2, -0.15) is 0 Å². The van der Waals surface area contributed by atoms with E-state index in [9.17, 15) is 20.0 Å². The molecule has 0 aliphatic heterocycles. The Morgan fingerprint density at radius 3 is 1.33 bits per heavy atom. The maximum absolute atomic E-state index is 10.7. The van der Waals surface area contributed by atoms with Gasteiger partial charge in [0.25, 0.3) is 0 Å². The molecule has 1 radical (unpaired) electrons. The Balaban J connectivity index is 0.000000364. The summed E-state index contributed by atoms with van der Waals surface area (Å²) in [5.74, 6) is -0.125. The van der Waals surface area contributed by atoms with E-state index in [4.69, 9.17) is 0 Å². The number of aryl methyl sites for hydroxylation is 2. The zero-order valence-corrected chi connectivity index (χ0v) is 12.2. The molecule has 0 unspecified atom stereocenters. The summed E-state index contributed by atoms with van der Waals surface area (Å²) in [4.78, 5) is 19.8. The summed E-state index contributed by atoms with van der Waals surface area (Å²) in [7, 11) is 0. The van der Waals surface area contributed by atoms with Crippen LogP contribution >= 0.6 is 0 Å². The van der Waals surface area contributed by atoms with Gasteiger partial charge >= 0.3 is 17.1 Å². The topological polar surface area (TPSA) is 105 Å². The molecule has 7 heteroatoms. The van der Waals surface area contributed by atoms with Crippen LogP contribution in [0.4, 0.5) is 11.4 Å². The van der Waals surface area contributed by atoms with E-state index in [1.54, 1.807) is 13.8 Å². The number of rotatable bonds is 2. The third kappa shape index (κ3) is 5.72. The molecule has 0 N–H and O–H groups in total. The molecule has 0 aliphatic carbocycles. The number of nitroso groups, excluding NO2 is 2. The zero-order chi connectivity index (χ0) is 15.1. The van der Waals surface area contributed by atoms with Crippen molar-refractivity contribution in [3.8, 4) is 11.5 Å². The minimum atomic E-state index is -0.0626. The van der Waals surface area contributed by atoms with Gasteiger partial charge in [-0.1, -0.05) is 23.3 Å². The van der Waals surface area contributed by atoms with Crippen molar-refractivity contribution in [3.63, 3.8) is 0 Å². The van der Waals surface area contributed by atoms with E-state index in [0.29, 0.717) is 22.5 Å². The van der Waals surface area contributed by atoms with E-state index >= 15 is 0 Å². The zero-order valence-electron chi connectivity index (χ0n) is 11.3. The minimum absolute atomic E-state index is 0. The van der Waals surface area contributed by atoms with Crippen LogP contribution in [0, 0.1) is 23.7 Å². The van der Waals surface area contributed by atoms with Crippen LogP contribution in [0.2, 0.25) is 0 Å². The molecule has 2 aromatic carbocycles. The number of hydrogen-bond donors (Lipinski definition) is 0. The average Bonchev–Trinajstić information content (AvgIpc) is 2.45. The van der Waals surface area contributed by atoms with Gasteiger partial charge in [-0.3, -0.25) is 0 Å². The van der Waals surface area contributed by atoms with Crippen LogP contribution in [0.15, 0.2) is 46.8 Å². The maximum Gasteiger partial charge on any atom is 2.00 e. The monoisotopic (exact) mass is 335 g/mol. The van der Waals surface area contributed by atoms with Crippen LogP contribution in [0.5, 0.6) is 11.5 Å². The van der Waals surface area contributed by atoms with Gasteiger partial charge < -0.3 is 10.2 Å². The fourth-order valence-electron chi connectivity index (χ4n) is 1.38. The fourth-order valence-corrected chi connectivity index (χ4v) is 1.38. The smallest absolute Gasteiger partial charge is 0.872 e. The van der Waals surface area contributed by atoms with Crippen molar-refractivity contribution >= 4 is 11.4 Å². The summed E-state index contributed by atoms with van der Waals surface area (Å²) in [5, 5.41) is 26.9. The third-order valence-electron chi connectivity index (χ3n) is 2.53. The van der Waals surface area contributed by atoms with Gasteiger partial charge in [-0.25, -0.2) is 0 Å². The molecule has 2 rings (SSSR count). The first-order valence-electron chi connectivity index (χ1n) is 5.70. The Morgan fingerprint density at radius 1 is 0.762 bits per heavy atom. The summed E-state index contributed by atoms with van der Waals surface area (Å²) in [6.45, 7) is 3.30. The van der Waals surface area contributed by atoms with Crippen molar-refractivity contribution in [2.75, 3.05) is 0 Å². The van der Waals surface area contributed by atoms with Crippen molar-refractivity contribution in [3.05, 3.63) is 57.3 Å². The SMILES string of the molecule is Cc1cc(N=O)ccc1[O-].Cc1cc(N=O)ccc1[O-].[Cu+2].